The molecule has 1 aliphatic rings. The lowest BCUT2D eigenvalue weighted by Gasteiger charge is -2.30. The number of nitrogens with one attached hydrogen (secondary N) is 2. The summed E-state index contributed by atoms with van der Waals surface area (Å²) in [6.07, 6.45) is 4.84. The van der Waals surface area contributed by atoms with Crippen molar-refractivity contribution < 1.29 is 4.79 Å². The van der Waals surface area contributed by atoms with Crippen LogP contribution < -0.4 is 15.5 Å². The first kappa shape index (κ1) is 23.2. The maximum absolute atomic E-state index is 12.7. The topological polar surface area (TPSA) is 57.3 Å². The van der Waals surface area contributed by atoms with Crippen molar-refractivity contribution in [1.29, 1.82) is 0 Å². The first-order valence-electron chi connectivity index (χ1n) is 12.6. The number of hydrogen-bond acceptors (Lipinski definition) is 4. The third-order valence-electron chi connectivity index (χ3n) is 7.19. The second-order valence-electron chi connectivity index (χ2n) is 9.92. The molecule has 180 valence electrons. The lowest BCUT2D eigenvalue weighted by atomic mass is 9.86. The van der Waals surface area contributed by atoms with Gasteiger partial charge in [0.2, 0.25) is 5.91 Å². The van der Waals surface area contributed by atoms with Crippen LogP contribution in [0, 0.1) is 5.92 Å². The molecule has 3 aromatic carbocycles. The number of aromatic nitrogens is 1. The van der Waals surface area contributed by atoms with E-state index < -0.39 is 0 Å². The van der Waals surface area contributed by atoms with Gasteiger partial charge in [-0.1, -0.05) is 60.7 Å². The molecule has 5 nitrogen and oxygen atoms in total. The Kier molecular flexibility index (Phi) is 6.84. The lowest BCUT2D eigenvalue weighted by Crippen LogP contribution is -2.34. The molecule has 0 atom stereocenters. The van der Waals surface area contributed by atoms with Gasteiger partial charge in [0, 0.05) is 43.8 Å². The molecule has 1 fully saturated rings. The molecule has 5 rings (SSSR count). The summed E-state index contributed by atoms with van der Waals surface area (Å²) in [7, 11) is 4.15. The molecule has 4 aromatic rings. The third kappa shape index (κ3) is 5.40. The van der Waals surface area contributed by atoms with E-state index in [1.165, 1.54) is 16.5 Å². The minimum absolute atomic E-state index is 0.109. The first-order chi connectivity index (χ1) is 17.1. The van der Waals surface area contributed by atoms with Crippen molar-refractivity contribution in [1.82, 2.24) is 10.3 Å². The number of anilines is 2. The van der Waals surface area contributed by atoms with Crippen LogP contribution in [-0.4, -0.2) is 37.6 Å². The minimum Gasteiger partial charge on any atom is -0.377 e. The van der Waals surface area contributed by atoms with Crippen molar-refractivity contribution in [3.05, 3.63) is 78.4 Å². The van der Waals surface area contributed by atoms with Gasteiger partial charge in [0.05, 0.1) is 11.9 Å². The number of carbonyl (C=O) groups excluding carboxylic acids is 1. The Hall–Kier alpha value is -3.60. The number of benzene rings is 3. The second kappa shape index (κ2) is 10.3. The molecule has 0 bridgehead atoms. The van der Waals surface area contributed by atoms with E-state index in [9.17, 15) is 4.79 Å². The van der Waals surface area contributed by atoms with Gasteiger partial charge in [0.15, 0.2) is 0 Å². The van der Waals surface area contributed by atoms with Gasteiger partial charge >= 0.3 is 0 Å². The molecule has 0 aliphatic heterocycles. The maximum Gasteiger partial charge on any atom is 0.224 e. The van der Waals surface area contributed by atoms with Crippen LogP contribution in [0.3, 0.4) is 0 Å². The minimum atomic E-state index is 0.109. The molecular weight excluding hydrogens is 432 g/mol. The highest BCUT2D eigenvalue weighted by Crippen LogP contribution is 2.30. The molecular formula is C30H34N4O. The van der Waals surface area contributed by atoms with Gasteiger partial charge in [0.25, 0.3) is 0 Å². The number of nitrogens with zero attached hydrogens (tertiary/aromatic N) is 2. The van der Waals surface area contributed by atoms with E-state index in [1.54, 1.807) is 0 Å². The molecule has 5 heteroatoms. The standard InChI is InChI=1S/C30H34N4O/c1-34(2)28-19-29(33-27-13-6-5-12-26(27)28)32-24-16-14-21(15-17-24)20-31-30(35)18-23-10-7-9-22-8-3-4-11-25(22)23/h3-13,19,21,24H,14-18,20H2,1-2H3,(H,31,35)(H,32,33). The Balaban J connectivity index is 1.13. The molecule has 1 aromatic heterocycles. The zero-order valence-electron chi connectivity index (χ0n) is 20.6. The number of para-hydroxylation sites is 1. The highest BCUT2D eigenvalue weighted by molar-refractivity contribution is 5.93. The first-order valence-corrected chi connectivity index (χ1v) is 12.6. The van der Waals surface area contributed by atoms with E-state index in [-0.39, 0.29) is 5.91 Å². The second-order valence-corrected chi connectivity index (χ2v) is 9.92. The normalized spacial score (nSPS) is 17.9. The quantitative estimate of drug-likeness (QED) is 0.362. The van der Waals surface area contributed by atoms with Crippen molar-refractivity contribution in [3.63, 3.8) is 0 Å². The van der Waals surface area contributed by atoms with Crippen molar-refractivity contribution in [3.8, 4) is 0 Å². The monoisotopic (exact) mass is 466 g/mol. The van der Waals surface area contributed by atoms with Crippen LogP contribution in [0.15, 0.2) is 72.8 Å². The fourth-order valence-electron chi connectivity index (χ4n) is 5.26. The predicted octanol–water partition coefficient (Wildman–Crippen LogP) is 5.78. The highest BCUT2D eigenvalue weighted by Gasteiger charge is 2.22. The summed E-state index contributed by atoms with van der Waals surface area (Å²) in [5, 5.41) is 10.4. The third-order valence-corrected chi connectivity index (χ3v) is 7.19. The van der Waals surface area contributed by atoms with E-state index in [0.717, 1.165) is 54.5 Å². The van der Waals surface area contributed by atoms with Gasteiger partial charge in [-0.25, -0.2) is 4.98 Å². The summed E-state index contributed by atoms with van der Waals surface area (Å²) in [5.41, 5.74) is 3.29. The fraction of sp³-hybridized carbons (Fsp3) is 0.333. The molecule has 0 spiro atoms. The van der Waals surface area contributed by atoms with Crippen molar-refractivity contribution in [2.75, 3.05) is 30.9 Å². The summed E-state index contributed by atoms with van der Waals surface area (Å²) >= 11 is 0. The van der Waals surface area contributed by atoms with Crippen LogP contribution in [0.4, 0.5) is 11.5 Å². The van der Waals surface area contributed by atoms with Gasteiger partial charge in [-0.3, -0.25) is 4.79 Å². The maximum atomic E-state index is 12.7. The zero-order valence-corrected chi connectivity index (χ0v) is 20.6. The van der Waals surface area contributed by atoms with Crippen LogP contribution in [0.5, 0.6) is 0 Å². The van der Waals surface area contributed by atoms with Crippen molar-refractivity contribution in [2.45, 2.75) is 38.1 Å². The van der Waals surface area contributed by atoms with E-state index in [0.29, 0.717) is 18.4 Å². The highest BCUT2D eigenvalue weighted by atomic mass is 16.1. The van der Waals surface area contributed by atoms with Crippen LogP contribution in [-0.2, 0) is 11.2 Å². The number of carbonyl (C=O) groups is 1. The summed E-state index contributed by atoms with van der Waals surface area (Å²) in [6.45, 7) is 0.759. The Morgan fingerprint density at radius 3 is 2.43 bits per heavy atom. The van der Waals surface area contributed by atoms with E-state index in [1.807, 2.05) is 24.3 Å². The Morgan fingerprint density at radius 1 is 0.914 bits per heavy atom. The lowest BCUT2D eigenvalue weighted by molar-refractivity contribution is -0.120. The van der Waals surface area contributed by atoms with E-state index >= 15 is 0 Å². The average Bonchev–Trinajstić information content (AvgIpc) is 2.88. The zero-order chi connectivity index (χ0) is 24.2. The largest absolute Gasteiger partial charge is 0.377 e. The summed E-state index contributed by atoms with van der Waals surface area (Å²) < 4.78 is 0. The number of amides is 1. The summed E-state index contributed by atoms with van der Waals surface area (Å²) in [5.74, 6) is 1.59. The fourth-order valence-corrected chi connectivity index (χ4v) is 5.26. The Morgan fingerprint density at radius 2 is 1.63 bits per heavy atom. The van der Waals surface area contributed by atoms with E-state index in [2.05, 4.69) is 78.2 Å². The van der Waals surface area contributed by atoms with Gasteiger partial charge < -0.3 is 15.5 Å². The summed E-state index contributed by atoms with van der Waals surface area (Å²) in [4.78, 5) is 19.7. The number of fused-ring (bicyclic) bond motifs is 2. The number of rotatable bonds is 7. The molecule has 0 unspecified atom stereocenters. The molecule has 1 aliphatic carbocycles. The molecule has 1 amide bonds. The van der Waals surface area contributed by atoms with Gasteiger partial charge in [-0.05, 0) is 54.0 Å². The van der Waals surface area contributed by atoms with Gasteiger partial charge in [0.1, 0.15) is 5.82 Å². The number of hydrogen-bond donors (Lipinski definition) is 2. The van der Waals surface area contributed by atoms with Crippen LogP contribution >= 0.6 is 0 Å². The van der Waals surface area contributed by atoms with Crippen molar-refractivity contribution in [2.24, 2.45) is 5.92 Å². The van der Waals surface area contributed by atoms with Crippen molar-refractivity contribution >= 4 is 39.1 Å². The predicted molar refractivity (Wildman–Crippen MR) is 146 cm³/mol. The molecule has 35 heavy (non-hydrogen) atoms. The Labute approximate surface area is 207 Å². The Bertz CT molecular complexity index is 1320. The van der Waals surface area contributed by atoms with Gasteiger partial charge in [-0.15, -0.1) is 0 Å². The average molecular weight is 467 g/mol. The van der Waals surface area contributed by atoms with Crippen LogP contribution in [0.25, 0.3) is 21.7 Å². The van der Waals surface area contributed by atoms with E-state index in [4.69, 9.17) is 4.98 Å². The van der Waals surface area contributed by atoms with Crippen LogP contribution in [0.1, 0.15) is 31.2 Å². The van der Waals surface area contributed by atoms with Gasteiger partial charge in [-0.2, -0.15) is 0 Å². The molecule has 0 saturated heterocycles. The smallest absolute Gasteiger partial charge is 0.224 e. The SMILES string of the molecule is CN(C)c1cc(NC2CCC(CNC(=O)Cc3cccc4ccccc34)CC2)nc2ccccc12. The summed E-state index contributed by atoms with van der Waals surface area (Å²) in [6, 6.07) is 25.3. The number of pyridine rings is 1. The van der Waals surface area contributed by atoms with Crippen LogP contribution in [0.2, 0.25) is 0 Å². The molecule has 2 N–H and O–H groups in total. The molecule has 1 heterocycles. The molecule has 0 radical (unpaired) electrons. The molecule has 1 saturated carbocycles.